The van der Waals surface area contributed by atoms with E-state index in [1.54, 1.807) is 7.11 Å². The van der Waals surface area contributed by atoms with Gasteiger partial charge in [0, 0.05) is 47.8 Å². The zero-order valence-corrected chi connectivity index (χ0v) is 18.8. The van der Waals surface area contributed by atoms with Crippen LogP contribution in [-0.4, -0.2) is 36.0 Å². The number of carbonyl (C=O) groups excluding carboxylic acids is 1. The van der Waals surface area contributed by atoms with Crippen LogP contribution in [0, 0.1) is 12.8 Å². The van der Waals surface area contributed by atoms with Gasteiger partial charge in [0.1, 0.15) is 5.75 Å². The number of nitrogens with one attached hydrogen (secondary N) is 2. The molecule has 0 saturated carbocycles. The lowest BCUT2D eigenvalue weighted by atomic mass is 9.98. The highest BCUT2D eigenvalue weighted by Gasteiger charge is 2.17. The van der Waals surface area contributed by atoms with Crippen LogP contribution in [0.5, 0.6) is 5.75 Å². The largest absolute Gasteiger partial charge is 0.497 e. The average molecular weight is 418 g/mol. The van der Waals surface area contributed by atoms with Gasteiger partial charge in [0.05, 0.1) is 7.11 Å². The van der Waals surface area contributed by atoms with Crippen LogP contribution in [-0.2, 0) is 11.3 Å². The van der Waals surface area contributed by atoms with Crippen molar-refractivity contribution in [2.45, 2.75) is 33.7 Å². The van der Waals surface area contributed by atoms with Crippen LogP contribution in [0.15, 0.2) is 48.5 Å². The van der Waals surface area contributed by atoms with Crippen molar-refractivity contribution in [1.82, 2.24) is 9.88 Å². The predicted octanol–water partition coefficient (Wildman–Crippen LogP) is 5.37. The molecule has 4 rings (SSSR count). The Bertz CT molecular complexity index is 1130. The Morgan fingerprint density at radius 2 is 2.06 bits per heavy atom. The van der Waals surface area contributed by atoms with Crippen LogP contribution in [0.4, 0.5) is 5.69 Å². The summed E-state index contributed by atoms with van der Waals surface area (Å²) in [7, 11) is 1.71. The molecule has 31 heavy (non-hydrogen) atoms. The molecule has 0 fully saturated rings. The van der Waals surface area contributed by atoms with E-state index in [9.17, 15) is 4.79 Å². The van der Waals surface area contributed by atoms with E-state index >= 15 is 0 Å². The number of rotatable bonds is 6. The minimum atomic E-state index is -0.0287. The van der Waals surface area contributed by atoms with Crippen molar-refractivity contribution in [2.24, 2.45) is 5.92 Å². The Hall–Kier alpha value is -3.05. The molecule has 2 aromatic carbocycles. The molecule has 2 heterocycles. The number of aromatic nitrogens is 1. The number of fused-ring (bicyclic) bond motifs is 1. The Morgan fingerprint density at radius 3 is 2.77 bits per heavy atom. The summed E-state index contributed by atoms with van der Waals surface area (Å²) >= 11 is 0. The maximum absolute atomic E-state index is 12.0. The predicted molar refractivity (Wildman–Crippen MR) is 127 cm³/mol. The molecular formula is C26H31N3O2. The molecule has 0 spiro atoms. The number of hydrogen-bond acceptors (Lipinski definition) is 3. The Kier molecular flexibility index (Phi) is 6.14. The third-order valence-corrected chi connectivity index (χ3v) is 6.03. The molecule has 0 bridgehead atoms. The molecule has 0 atom stereocenters. The van der Waals surface area contributed by atoms with Crippen LogP contribution in [0.25, 0.3) is 16.5 Å². The Balaban J connectivity index is 1.47. The summed E-state index contributed by atoms with van der Waals surface area (Å²) in [5, 5.41) is 4.24. The minimum Gasteiger partial charge on any atom is -0.497 e. The number of methoxy groups -OCH3 is 1. The summed E-state index contributed by atoms with van der Waals surface area (Å²) in [5.74, 6) is 0.906. The zero-order valence-electron chi connectivity index (χ0n) is 18.8. The van der Waals surface area contributed by atoms with E-state index in [0.717, 1.165) is 43.0 Å². The number of carbonyl (C=O) groups is 1. The maximum Gasteiger partial charge on any atom is 0.226 e. The second-order valence-electron chi connectivity index (χ2n) is 8.58. The molecule has 0 aliphatic carbocycles. The van der Waals surface area contributed by atoms with Crippen molar-refractivity contribution in [3.05, 3.63) is 65.4 Å². The number of ether oxygens (including phenoxy) is 1. The summed E-state index contributed by atoms with van der Waals surface area (Å²) < 4.78 is 5.42. The second kappa shape index (κ2) is 8.98. The fraction of sp³-hybridized carbons (Fsp3) is 0.346. The van der Waals surface area contributed by atoms with Crippen LogP contribution in [0.1, 0.15) is 37.1 Å². The zero-order chi connectivity index (χ0) is 22.0. The molecule has 1 aliphatic heterocycles. The van der Waals surface area contributed by atoms with E-state index in [0.29, 0.717) is 0 Å². The van der Waals surface area contributed by atoms with E-state index in [-0.39, 0.29) is 11.8 Å². The molecule has 1 aromatic heterocycles. The minimum absolute atomic E-state index is 0.0287. The monoisotopic (exact) mass is 417 g/mol. The molecule has 1 amide bonds. The summed E-state index contributed by atoms with van der Waals surface area (Å²) in [4.78, 5) is 18.0. The lowest BCUT2D eigenvalue weighted by Gasteiger charge is -2.27. The van der Waals surface area contributed by atoms with Crippen molar-refractivity contribution in [3.8, 4) is 5.75 Å². The number of hydrogen-bond donors (Lipinski definition) is 2. The van der Waals surface area contributed by atoms with Gasteiger partial charge < -0.3 is 15.0 Å². The number of aromatic amines is 1. The van der Waals surface area contributed by atoms with Crippen LogP contribution in [0.3, 0.4) is 0 Å². The molecule has 162 valence electrons. The van der Waals surface area contributed by atoms with Gasteiger partial charge in [0.15, 0.2) is 0 Å². The number of aryl methyl sites for hydroxylation is 1. The third kappa shape index (κ3) is 4.67. The number of anilines is 1. The first-order valence-corrected chi connectivity index (χ1v) is 10.9. The van der Waals surface area contributed by atoms with Gasteiger partial charge in [-0.2, -0.15) is 0 Å². The van der Waals surface area contributed by atoms with Gasteiger partial charge in [-0.1, -0.05) is 32.1 Å². The normalized spacial score (nSPS) is 14.7. The van der Waals surface area contributed by atoms with Gasteiger partial charge in [-0.25, -0.2) is 0 Å². The van der Waals surface area contributed by atoms with Crippen LogP contribution < -0.4 is 10.1 Å². The number of benzene rings is 2. The van der Waals surface area contributed by atoms with E-state index in [1.807, 2.05) is 32.0 Å². The highest BCUT2D eigenvalue weighted by molar-refractivity contribution is 5.92. The Morgan fingerprint density at radius 1 is 1.23 bits per heavy atom. The number of H-pyrrole nitrogens is 1. The van der Waals surface area contributed by atoms with Gasteiger partial charge in [0.2, 0.25) is 5.91 Å². The quantitative estimate of drug-likeness (QED) is 0.567. The van der Waals surface area contributed by atoms with Gasteiger partial charge in [-0.3, -0.25) is 9.69 Å². The van der Waals surface area contributed by atoms with Crippen molar-refractivity contribution in [1.29, 1.82) is 0 Å². The van der Waals surface area contributed by atoms with Crippen LogP contribution >= 0.6 is 0 Å². The summed E-state index contributed by atoms with van der Waals surface area (Å²) in [6.07, 6.45) is 3.31. The van der Waals surface area contributed by atoms with E-state index in [1.165, 1.54) is 27.8 Å². The van der Waals surface area contributed by atoms with E-state index in [4.69, 9.17) is 4.74 Å². The topological polar surface area (TPSA) is 57.4 Å². The van der Waals surface area contributed by atoms with E-state index < -0.39 is 0 Å². The fourth-order valence-corrected chi connectivity index (χ4v) is 4.12. The molecule has 0 radical (unpaired) electrons. The molecule has 5 nitrogen and oxygen atoms in total. The lowest BCUT2D eigenvalue weighted by molar-refractivity contribution is -0.118. The van der Waals surface area contributed by atoms with Gasteiger partial charge in [0.25, 0.3) is 0 Å². The van der Waals surface area contributed by atoms with Crippen molar-refractivity contribution in [3.63, 3.8) is 0 Å². The molecule has 3 aromatic rings. The summed E-state index contributed by atoms with van der Waals surface area (Å²) in [5.41, 5.74) is 7.10. The first kappa shape index (κ1) is 21.2. The first-order valence-electron chi connectivity index (χ1n) is 10.9. The van der Waals surface area contributed by atoms with Gasteiger partial charge in [-0.05, 0) is 60.4 Å². The standard InChI is InChI=1S/C26H31N3O2/c1-17(2)26(30)28-21-7-5-6-20(14-21)19-10-12-29(13-11-19)16-24-18(3)27-25-9-8-22(31-4)15-23(24)25/h5-10,14-15,17,27H,11-13,16H2,1-4H3,(H,28,30). The highest BCUT2D eigenvalue weighted by Crippen LogP contribution is 2.30. The Labute approximate surface area is 184 Å². The molecule has 0 saturated heterocycles. The average Bonchev–Trinajstić information content (AvgIpc) is 3.08. The summed E-state index contributed by atoms with van der Waals surface area (Å²) in [6.45, 7) is 8.78. The summed E-state index contributed by atoms with van der Waals surface area (Å²) in [6, 6.07) is 14.4. The maximum atomic E-state index is 12.0. The van der Waals surface area contributed by atoms with Crippen molar-refractivity contribution in [2.75, 3.05) is 25.5 Å². The SMILES string of the molecule is COc1ccc2[nH]c(C)c(CN3CC=C(c4cccc(NC(=O)C(C)C)c4)CC3)c2c1. The van der Waals surface area contributed by atoms with Crippen molar-refractivity contribution >= 4 is 28.1 Å². The van der Waals surface area contributed by atoms with Crippen LogP contribution in [0.2, 0.25) is 0 Å². The fourth-order valence-electron chi connectivity index (χ4n) is 4.12. The molecular weight excluding hydrogens is 386 g/mol. The number of nitrogens with zero attached hydrogens (tertiary/aromatic N) is 1. The second-order valence-corrected chi connectivity index (χ2v) is 8.58. The van der Waals surface area contributed by atoms with Crippen molar-refractivity contribution < 1.29 is 9.53 Å². The van der Waals surface area contributed by atoms with Gasteiger partial charge in [-0.15, -0.1) is 0 Å². The lowest BCUT2D eigenvalue weighted by Crippen LogP contribution is -2.28. The highest BCUT2D eigenvalue weighted by atomic mass is 16.5. The molecule has 1 aliphatic rings. The smallest absolute Gasteiger partial charge is 0.226 e. The molecule has 2 N–H and O–H groups in total. The third-order valence-electron chi connectivity index (χ3n) is 6.03. The van der Waals surface area contributed by atoms with Gasteiger partial charge >= 0.3 is 0 Å². The van der Waals surface area contributed by atoms with E-state index in [2.05, 4.69) is 52.5 Å². The molecule has 5 heteroatoms. The first-order chi connectivity index (χ1) is 14.9. The number of amides is 1. The molecule has 0 unspecified atom stereocenters.